The normalized spacial score (nSPS) is 10.2. The van der Waals surface area contributed by atoms with Crippen LogP contribution < -0.4 is 10.1 Å². The first-order valence-corrected chi connectivity index (χ1v) is 7.07. The van der Waals surface area contributed by atoms with Gasteiger partial charge in [-0.25, -0.2) is 4.39 Å². The van der Waals surface area contributed by atoms with Crippen molar-refractivity contribution in [3.63, 3.8) is 0 Å². The Hall–Kier alpha value is -1.63. The molecule has 20 heavy (non-hydrogen) atoms. The number of aryl methyl sites for hydroxylation is 1. The molecule has 0 unspecified atom stereocenters. The molecule has 2 rings (SSSR count). The second kappa shape index (κ2) is 6.69. The van der Waals surface area contributed by atoms with Crippen LogP contribution in [0.5, 0.6) is 5.75 Å². The van der Waals surface area contributed by atoms with Crippen molar-refractivity contribution in [3.8, 4) is 5.75 Å². The summed E-state index contributed by atoms with van der Waals surface area (Å²) in [7, 11) is 0. The zero-order chi connectivity index (χ0) is 14.5. The first-order chi connectivity index (χ1) is 9.54. The third kappa shape index (κ3) is 4.19. The fraction of sp³-hybridized carbons (Fsp3) is 0.133. The fourth-order valence-corrected chi connectivity index (χ4v) is 2.13. The molecule has 1 amide bonds. The van der Waals surface area contributed by atoms with Crippen molar-refractivity contribution in [1.82, 2.24) is 0 Å². The van der Waals surface area contributed by atoms with Gasteiger partial charge in [0.15, 0.2) is 6.61 Å². The number of ether oxygens (including phenoxy) is 1. The van der Waals surface area contributed by atoms with E-state index in [1.807, 2.05) is 18.2 Å². The van der Waals surface area contributed by atoms with Gasteiger partial charge in [0.1, 0.15) is 11.6 Å². The van der Waals surface area contributed by atoms with Crippen LogP contribution in [-0.2, 0) is 4.79 Å². The molecule has 0 bridgehead atoms. The van der Waals surface area contributed by atoms with Gasteiger partial charge in [-0.15, -0.1) is 0 Å². The minimum absolute atomic E-state index is 0.159. The first-order valence-electron chi connectivity index (χ1n) is 5.99. The quantitative estimate of drug-likeness (QED) is 0.815. The van der Waals surface area contributed by atoms with Crippen molar-refractivity contribution in [1.29, 1.82) is 0 Å². The van der Waals surface area contributed by atoms with Gasteiger partial charge in [0.05, 0.1) is 5.69 Å². The zero-order valence-corrected chi connectivity index (χ0v) is 13.0. The van der Waals surface area contributed by atoms with E-state index in [2.05, 4.69) is 27.9 Å². The smallest absolute Gasteiger partial charge is 0.262 e. The molecule has 0 atom stereocenters. The van der Waals surface area contributed by atoms with E-state index in [9.17, 15) is 9.18 Å². The number of carbonyl (C=O) groups excluding carboxylic acids is 1. The van der Waals surface area contributed by atoms with E-state index >= 15 is 0 Å². The molecule has 2 aromatic rings. The van der Waals surface area contributed by atoms with E-state index in [0.29, 0.717) is 5.75 Å². The van der Waals surface area contributed by atoms with Crippen LogP contribution in [0.2, 0.25) is 0 Å². The molecule has 104 valence electrons. The highest BCUT2D eigenvalue weighted by molar-refractivity contribution is 14.1. The van der Waals surface area contributed by atoms with Crippen LogP contribution in [0.15, 0.2) is 42.5 Å². The largest absolute Gasteiger partial charge is 0.484 e. The number of rotatable bonds is 4. The van der Waals surface area contributed by atoms with Gasteiger partial charge in [-0.1, -0.05) is 12.1 Å². The monoisotopic (exact) mass is 385 g/mol. The van der Waals surface area contributed by atoms with E-state index in [-0.39, 0.29) is 12.3 Å². The lowest BCUT2D eigenvalue weighted by atomic mass is 10.2. The molecule has 0 aliphatic heterocycles. The summed E-state index contributed by atoms with van der Waals surface area (Å²) in [6.07, 6.45) is 0. The Morgan fingerprint density at radius 2 is 2.10 bits per heavy atom. The molecule has 0 spiro atoms. The number of anilines is 1. The maximum atomic E-state index is 13.6. The summed E-state index contributed by atoms with van der Waals surface area (Å²) < 4.78 is 19.9. The Labute approximate surface area is 130 Å². The van der Waals surface area contributed by atoms with Crippen molar-refractivity contribution in [2.75, 3.05) is 11.9 Å². The molecule has 2 aromatic carbocycles. The summed E-state index contributed by atoms with van der Waals surface area (Å²) in [5.41, 5.74) is 0.961. The summed E-state index contributed by atoms with van der Waals surface area (Å²) in [4.78, 5) is 11.7. The second-order valence-corrected chi connectivity index (χ2v) is 5.52. The van der Waals surface area contributed by atoms with Gasteiger partial charge in [-0.05, 0) is 65.4 Å². The molecule has 0 saturated heterocycles. The van der Waals surface area contributed by atoms with Gasteiger partial charge in [-0.3, -0.25) is 4.79 Å². The number of hydrogen-bond acceptors (Lipinski definition) is 2. The standard InChI is InChI=1S/C15H13FINO2/c1-10-5-6-14(13(16)7-10)18-15(19)9-20-12-4-2-3-11(17)8-12/h2-8H,9H2,1H3,(H,18,19). The van der Waals surface area contributed by atoms with Crippen LogP contribution >= 0.6 is 22.6 Å². The molecular weight excluding hydrogens is 372 g/mol. The molecule has 0 aliphatic carbocycles. The Kier molecular flexibility index (Phi) is 4.94. The Balaban J connectivity index is 1.92. The lowest BCUT2D eigenvalue weighted by Gasteiger charge is -2.09. The molecule has 0 fully saturated rings. The fourth-order valence-electron chi connectivity index (χ4n) is 1.61. The SMILES string of the molecule is Cc1ccc(NC(=O)COc2cccc(I)c2)c(F)c1. The van der Waals surface area contributed by atoms with Gasteiger partial charge in [0.25, 0.3) is 5.91 Å². The van der Waals surface area contributed by atoms with E-state index in [1.54, 1.807) is 19.1 Å². The molecule has 0 aliphatic rings. The van der Waals surface area contributed by atoms with E-state index < -0.39 is 11.7 Å². The third-order valence-corrected chi connectivity index (χ3v) is 3.24. The van der Waals surface area contributed by atoms with Crippen molar-refractivity contribution in [2.45, 2.75) is 6.92 Å². The molecule has 0 heterocycles. The minimum atomic E-state index is -0.451. The van der Waals surface area contributed by atoms with Crippen molar-refractivity contribution in [3.05, 3.63) is 57.4 Å². The summed E-state index contributed by atoms with van der Waals surface area (Å²) in [5.74, 6) is -0.240. The van der Waals surface area contributed by atoms with E-state index in [4.69, 9.17) is 4.74 Å². The predicted octanol–water partition coefficient (Wildman–Crippen LogP) is 3.76. The Morgan fingerprint density at radius 3 is 2.80 bits per heavy atom. The Morgan fingerprint density at radius 1 is 1.30 bits per heavy atom. The van der Waals surface area contributed by atoms with Crippen LogP contribution in [0, 0.1) is 16.3 Å². The summed E-state index contributed by atoms with van der Waals surface area (Å²) in [5, 5.41) is 2.48. The number of benzene rings is 2. The maximum absolute atomic E-state index is 13.6. The number of hydrogen-bond donors (Lipinski definition) is 1. The van der Waals surface area contributed by atoms with Gasteiger partial charge >= 0.3 is 0 Å². The Bertz CT molecular complexity index is 631. The van der Waals surface area contributed by atoms with Crippen LogP contribution in [0.3, 0.4) is 0 Å². The number of amides is 1. The predicted molar refractivity (Wildman–Crippen MR) is 84.4 cm³/mol. The van der Waals surface area contributed by atoms with Crippen LogP contribution in [0.25, 0.3) is 0 Å². The lowest BCUT2D eigenvalue weighted by molar-refractivity contribution is -0.118. The lowest BCUT2D eigenvalue weighted by Crippen LogP contribution is -2.20. The van der Waals surface area contributed by atoms with E-state index in [1.165, 1.54) is 12.1 Å². The van der Waals surface area contributed by atoms with Crippen LogP contribution in [-0.4, -0.2) is 12.5 Å². The van der Waals surface area contributed by atoms with Crippen molar-refractivity contribution in [2.24, 2.45) is 0 Å². The molecule has 1 N–H and O–H groups in total. The third-order valence-electron chi connectivity index (χ3n) is 2.56. The number of halogens is 2. The summed E-state index contributed by atoms with van der Waals surface area (Å²) in [6.45, 7) is 1.63. The first kappa shape index (κ1) is 14.8. The molecule has 0 aromatic heterocycles. The summed E-state index contributed by atoms with van der Waals surface area (Å²) >= 11 is 2.16. The molecule has 0 radical (unpaired) electrons. The molecule has 0 saturated carbocycles. The van der Waals surface area contributed by atoms with Gasteiger partial charge in [-0.2, -0.15) is 0 Å². The minimum Gasteiger partial charge on any atom is -0.484 e. The zero-order valence-electron chi connectivity index (χ0n) is 10.8. The van der Waals surface area contributed by atoms with Gasteiger partial charge in [0, 0.05) is 3.57 Å². The van der Waals surface area contributed by atoms with Crippen LogP contribution in [0.1, 0.15) is 5.56 Å². The highest BCUT2D eigenvalue weighted by atomic mass is 127. The number of carbonyl (C=O) groups is 1. The molecular formula is C15H13FINO2. The summed E-state index contributed by atoms with van der Waals surface area (Å²) in [6, 6.07) is 12.0. The topological polar surface area (TPSA) is 38.3 Å². The van der Waals surface area contributed by atoms with E-state index in [0.717, 1.165) is 9.13 Å². The van der Waals surface area contributed by atoms with Crippen molar-refractivity contribution < 1.29 is 13.9 Å². The van der Waals surface area contributed by atoms with Crippen molar-refractivity contribution >= 4 is 34.2 Å². The van der Waals surface area contributed by atoms with Gasteiger partial charge in [0.2, 0.25) is 0 Å². The highest BCUT2D eigenvalue weighted by Gasteiger charge is 2.08. The molecule has 3 nitrogen and oxygen atoms in total. The molecule has 5 heteroatoms. The van der Waals surface area contributed by atoms with Gasteiger partial charge < -0.3 is 10.1 Å². The number of nitrogens with one attached hydrogen (secondary N) is 1. The highest BCUT2D eigenvalue weighted by Crippen LogP contribution is 2.16. The maximum Gasteiger partial charge on any atom is 0.262 e. The average molecular weight is 385 g/mol. The van der Waals surface area contributed by atoms with Crippen LogP contribution in [0.4, 0.5) is 10.1 Å². The second-order valence-electron chi connectivity index (χ2n) is 4.28. The average Bonchev–Trinajstić information content (AvgIpc) is 2.40.